The molecule has 0 aromatic heterocycles. The molecular weight excluding hydrogens is 300 g/mol. The Balaban J connectivity index is 1.94. The number of sulfone groups is 1. The molecule has 0 spiro atoms. The molecule has 0 saturated heterocycles. The van der Waals surface area contributed by atoms with Crippen LogP contribution in [0.2, 0.25) is 0 Å². The third kappa shape index (κ3) is 4.22. The van der Waals surface area contributed by atoms with Crippen molar-refractivity contribution in [3.63, 3.8) is 0 Å². The first-order valence-corrected chi connectivity index (χ1v) is 9.48. The summed E-state index contributed by atoms with van der Waals surface area (Å²) in [5, 5.41) is 5.77. The molecule has 22 heavy (non-hydrogen) atoms. The van der Waals surface area contributed by atoms with Gasteiger partial charge < -0.3 is 10.6 Å². The van der Waals surface area contributed by atoms with Gasteiger partial charge in [-0.2, -0.15) is 0 Å². The zero-order chi connectivity index (χ0) is 16.2. The minimum atomic E-state index is -3.20. The third-order valence-electron chi connectivity index (χ3n) is 4.28. The fraction of sp³-hybridized carbons (Fsp3) is 0.562. The van der Waals surface area contributed by atoms with Crippen LogP contribution in [0.25, 0.3) is 0 Å². The highest BCUT2D eigenvalue weighted by molar-refractivity contribution is 7.91. The van der Waals surface area contributed by atoms with E-state index in [1.165, 1.54) is 18.6 Å². The maximum absolute atomic E-state index is 12.0. The van der Waals surface area contributed by atoms with Crippen LogP contribution in [-0.2, 0) is 9.84 Å². The monoisotopic (exact) mass is 324 g/mol. The molecule has 1 saturated carbocycles. The van der Waals surface area contributed by atoms with Crippen LogP contribution >= 0.6 is 0 Å². The second-order valence-electron chi connectivity index (χ2n) is 5.89. The average molecular weight is 324 g/mol. The number of amides is 2. The quantitative estimate of drug-likeness (QED) is 0.893. The Kier molecular flexibility index (Phi) is 5.45. The van der Waals surface area contributed by atoms with Crippen molar-refractivity contribution in [2.75, 3.05) is 11.1 Å². The highest BCUT2D eigenvalue weighted by Gasteiger charge is 2.22. The fourth-order valence-corrected chi connectivity index (χ4v) is 3.66. The molecule has 2 N–H and O–H groups in total. The second kappa shape index (κ2) is 7.13. The Morgan fingerprint density at radius 2 is 1.82 bits per heavy atom. The van der Waals surface area contributed by atoms with Gasteiger partial charge in [0.2, 0.25) is 0 Å². The average Bonchev–Trinajstić information content (AvgIpc) is 2.50. The summed E-state index contributed by atoms with van der Waals surface area (Å²) < 4.78 is 23.5. The molecule has 6 heteroatoms. The zero-order valence-corrected chi connectivity index (χ0v) is 13.9. The van der Waals surface area contributed by atoms with Gasteiger partial charge in [0.25, 0.3) is 0 Å². The zero-order valence-electron chi connectivity index (χ0n) is 13.1. The molecule has 0 radical (unpaired) electrons. The first-order chi connectivity index (χ1) is 10.4. The van der Waals surface area contributed by atoms with Gasteiger partial charge in [-0.15, -0.1) is 0 Å². The summed E-state index contributed by atoms with van der Waals surface area (Å²) in [5.74, 6) is 0.566. The van der Waals surface area contributed by atoms with Crippen molar-refractivity contribution in [1.82, 2.24) is 5.32 Å². The molecule has 1 aromatic rings. The molecule has 122 valence electrons. The predicted octanol–water partition coefficient (Wildman–Crippen LogP) is 3.18. The maximum Gasteiger partial charge on any atom is 0.319 e. The van der Waals surface area contributed by atoms with Crippen molar-refractivity contribution in [3.05, 3.63) is 24.3 Å². The first kappa shape index (κ1) is 16.8. The third-order valence-corrected chi connectivity index (χ3v) is 6.03. The van der Waals surface area contributed by atoms with E-state index in [1.54, 1.807) is 19.1 Å². The molecular formula is C16H24N2O3S. The number of urea groups is 1. The van der Waals surface area contributed by atoms with Gasteiger partial charge in [-0.05, 0) is 43.0 Å². The lowest BCUT2D eigenvalue weighted by Crippen LogP contribution is -2.43. The number of hydrogen-bond donors (Lipinski definition) is 2. The Hall–Kier alpha value is -1.56. The molecule has 2 amide bonds. The summed E-state index contributed by atoms with van der Waals surface area (Å²) in [5.41, 5.74) is 0.594. The number of nitrogens with one attached hydrogen (secondary N) is 2. The van der Waals surface area contributed by atoms with E-state index in [1.807, 2.05) is 0 Å². The Morgan fingerprint density at radius 1 is 1.18 bits per heavy atom. The van der Waals surface area contributed by atoms with Gasteiger partial charge in [-0.1, -0.05) is 26.7 Å². The van der Waals surface area contributed by atoms with Crippen molar-refractivity contribution in [2.45, 2.75) is 50.5 Å². The molecule has 0 bridgehead atoms. The standard InChI is InChI=1S/C16H24N2O3S/c1-3-22(20,21)14-10-8-13(9-11-14)17-16(19)18-15-7-5-4-6-12(15)2/h8-12,15H,3-7H2,1-2H3,(H2,17,18,19)/t12-,15-/m0/s1. The van der Waals surface area contributed by atoms with E-state index in [9.17, 15) is 13.2 Å². The molecule has 0 aliphatic heterocycles. The normalized spacial score (nSPS) is 22.1. The van der Waals surface area contributed by atoms with E-state index in [0.717, 1.165) is 19.3 Å². The van der Waals surface area contributed by atoms with Crippen molar-refractivity contribution in [1.29, 1.82) is 0 Å². The molecule has 0 heterocycles. The lowest BCUT2D eigenvalue weighted by Gasteiger charge is -2.29. The van der Waals surface area contributed by atoms with Crippen molar-refractivity contribution < 1.29 is 13.2 Å². The molecule has 0 unspecified atom stereocenters. The summed E-state index contributed by atoms with van der Waals surface area (Å²) in [6.07, 6.45) is 4.55. The van der Waals surface area contributed by atoms with Gasteiger partial charge >= 0.3 is 6.03 Å². The summed E-state index contributed by atoms with van der Waals surface area (Å²) in [7, 11) is -3.20. The lowest BCUT2D eigenvalue weighted by atomic mass is 9.86. The highest BCUT2D eigenvalue weighted by atomic mass is 32.2. The summed E-state index contributed by atoms with van der Waals surface area (Å²) >= 11 is 0. The second-order valence-corrected chi connectivity index (χ2v) is 8.17. The van der Waals surface area contributed by atoms with Crippen LogP contribution in [0.5, 0.6) is 0 Å². The minimum Gasteiger partial charge on any atom is -0.335 e. The lowest BCUT2D eigenvalue weighted by molar-refractivity contribution is 0.232. The van der Waals surface area contributed by atoms with Gasteiger partial charge in [0, 0.05) is 11.7 Å². The minimum absolute atomic E-state index is 0.0693. The molecule has 1 aromatic carbocycles. The molecule has 1 aliphatic rings. The van der Waals surface area contributed by atoms with Crippen LogP contribution in [0.3, 0.4) is 0 Å². The highest BCUT2D eigenvalue weighted by Crippen LogP contribution is 2.23. The topological polar surface area (TPSA) is 75.3 Å². The largest absolute Gasteiger partial charge is 0.335 e. The van der Waals surface area contributed by atoms with Crippen LogP contribution in [0, 0.1) is 5.92 Å². The van der Waals surface area contributed by atoms with Crippen LogP contribution in [0.15, 0.2) is 29.2 Å². The number of hydrogen-bond acceptors (Lipinski definition) is 3. The van der Waals surface area contributed by atoms with E-state index in [4.69, 9.17) is 0 Å². The van der Waals surface area contributed by atoms with Crippen LogP contribution in [-0.4, -0.2) is 26.2 Å². The Labute approximate surface area is 132 Å². The van der Waals surface area contributed by atoms with Crippen LogP contribution < -0.4 is 10.6 Å². The van der Waals surface area contributed by atoms with Crippen molar-refractivity contribution in [2.24, 2.45) is 5.92 Å². The van der Waals surface area contributed by atoms with E-state index >= 15 is 0 Å². The SMILES string of the molecule is CCS(=O)(=O)c1ccc(NC(=O)N[C@H]2CCCC[C@@H]2C)cc1. The predicted molar refractivity (Wildman–Crippen MR) is 87.7 cm³/mol. The van der Waals surface area contributed by atoms with Crippen LogP contribution in [0.1, 0.15) is 39.5 Å². The number of anilines is 1. The molecule has 2 atom stereocenters. The number of benzene rings is 1. The number of rotatable bonds is 4. The van der Waals surface area contributed by atoms with Gasteiger partial charge in [-0.3, -0.25) is 0 Å². The van der Waals surface area contributed by atoms with E-state index in [2.05, 4.69) is 17.6 Å². The van der Waals surface area contributed by atoms with E-state index in [0.29, 0.717) is 11.6 Å². The van der Waals surface area contributed by atoms with Gasteiger partial charge in [0.15, 0.2) is 9.84 Å². The van der Waals surface area contributed by atoms with Crippen molar-refractivity contribution >= 4 is 21.6 Å². The Bertz CT molecular complexity index is 611. The summed E-state index contributed by atoms with van der Waals surface area (Å²) in [4.78, 5) is 12.3. The fourth-order valence-electron chi connectivity index (χ4n) is 2.78. The number of carbonyl (C=O) groups excluding carboxylic acids is 1. The van der Waals surface area contributed by atoms with Crippen LogP contribution in [0.4, 0.5) is 10.5 Å². The first-order valence-electron chi connectivity index (χ1n) is 7.82. The van der Waals surface area contributed by atoms with E-state index < -0.39 is 9.84 Å². The smallest absolute Gasteiger partial charge is 0.319 e. The van der Waals surface area contributed by atoms with Gasteiger partial charge in [0.05, 0.1) is 10.6 Å². The van der Waals surface area contributed by atoms with E-state index in [-0.39, 0.29) is 22.7 Å². The van der Waals surface area contributed by atoms with Crippen molar-refractivity contribution in [3.8, 4) is 0 Å². The summed E-state index contributed by atoms with van der Waals surface area (Å²) in [6, 6.07) is 6.27. The molecule has 2 rings (SSSR count). The molecule has 1 aliphatic carbocycles. The molecule has 5 nitrogen and oxygen atoms in total. The Morgan fingerprint density at radius 3 is 2.41 bits per heavy atom. The maximum atomic E-state index is 12.0. The van der Waals surface area contributed by atoms with Gasteiger partial charge in [0.1, 0.15) is 0 Å². The summed E-state index contributed by atoms with van der Waals surface area (Å²) in [6.45, 7) is 3.77. The molecule has 1 fully saturated rings. The van der Waals surface area contributed by atoms with Gasteiger partial charge in [-0.25, -0.2) is 13.2 Å². The number of carbonyl (C=O) groups is 1.